The largest absolute Gasteiger partial charge is 0.383 e. The first kappa shape index (κ1) is 14.9. The molecular formula is C14H25N3O. The van der Waals surface area contributed by atoms with Gasteiger partial charge in [-0.25, -0.2) is 0 Å². The van der Waals surface area contributed by atoms with Crippen molar-refractivity contribution in [1.29, 1.82) is 0 Å². The molecule has 0 saturated carbocycles. The number of ether oxygens (including phenoxy) is 1. The number of aromatic nitrogens is 1. The average Bonchev–Trinajstić information content (AvgIpc) is 2.39. The molecule has 0 saturated heterocycles. The van der Waals surface area contributed by atoms with Gasteiger partial charge in [0.25, 0.3) is 0 Å². The maximum atomic E-state index is 5.81. The third kappa shape index (κ3) is 3.96. The molecule has 0 radical (unpaired) electrons. The van der Waals surface area contributed by atoms with E-state index in [2.05, 4.69) is 29.8 Å². The zero-order valence-corrected chi connectivity index (χ0v) is 11.9. The molecule has 0 aliphatic heterocycles. The molecule has 18 heavy (non-hydrogen) atoms. The van der Waals surface area contributed by atoms with Gasteiger partial charge in [0.15, 0.2) is 0 Å². The van der Waals surface area contributed by atoms with Crippen LogP contribution in [0.3, 0.4) is 0 Å². The van der Waals surface area contributed by atoms with Crippen molar-refractivity contribution in [2.75, 3.05) is 25.2 Å². The molecule has 1 heterocycles. The van der Waals surface area contributed by atoms with E-state index in [0.717, 1.165) is 31.0 Å². The monoisotopic (exact) mass is 251 g/mol. The Morgan fingerprint density at radius 3 is 2.56 bits per heavy atom. The van der Waals surface area contributed by atoms with Crippen LogP contribution >= 0.6 is 0 Å². The first-order valence-corrected chi connectivity index (χ1v) is 6.57. The van der Waals surface area contributed by atoms with Gasteiger partial charge in [0.05, 0.1) is 24.2 Å². The molecule has 4 nitrogen and oxygen atoms in total. The van der Waals surface area contributed by atoms with Gasteiger partial charge in [-0.05, 0) is 32.4 Å². The van der Waals surface area contributed by atoms with Crippen molar-refractivity contribution in [2.24, 2.45) is 5.73 Å². The SMILES string of the molecule is CCC(C)N(CCOC)c1ccc(C(C)N)nc1. The minimum Gasteiger partial charge on any atom is -0.383 e. The lowest BCUT2D eigenvalue weighted by atomic mass is 10.1. The minimum atomic E-state index is -0.0185. The van der Waals surface area contributed by atoms with E-state index in [-0.39, 0.29) is 6.04 Å². The van der Waals surface area contributed by atoms with Crippen LogP contribution in [0.2, 0.25) is 0 Å². The Labute approximate surface area is 110 Å². The van der Waals surface area contributed by atoms with E-state index >= 15 is 0 Å². The number of anilines is 1. The number of pyridine rings is 1. The topological polar surface area (TPSA) is 51.4 Å². The summed E-state index contributed by atoms with van der Waals surface area (Å²) in [5.74, 6) is 0. The van der Waals surface area contributed by atoms with Gasteiger partial charge in [0.1, 0.15) is 0 Å². The van der Waals surface area contributed by atoms with E-state index in [1.165, 1.54) is 0 Å². The summed E-state index contributed by atoms with van der Waals surface area (Å²) < 4.78 is 5.17. The van der Waals surface area contributed by atoms with Gasteiger partial charge >= 0.3 is 0 Å². The second kappa shape index (κ2) is 7.34. The van der Waals surface area contributed by atoms with E-state index < -0.39 is 0 Å². The Bertz CT molecular complexity index is 337. The van der Waals surface area contributed by atoms with Crippen molar-refractivity contribution in [2.45, 2.75) is 39.3 Å². The molecule has 2 unspecified atom stereocenters. The lowest BCUT2D eigenvalue weighted by Gasteiger charge is -2.30. The van der Waals surface area contributed by atoms with Crippen LogP contribution < -0.4 is 10.6 Å². The Kier molecular flexibility index (Phi) is 6.09. The predicted molar refractivity (Wildman–Crippen MR) is 75.8 cm³/mol. The third-order valence-corrected chi connectivity index (χ3v) is 3.23. The molecule has 0 spiro atoms. The molecular weight excluding hydrogens is 226 g/mol. The van der Waals surface area contributed by atoms with E-state index in [4.69, 9.17) is 10.5 Å². The summed E-state index contributed by atoms with van der Waals surface area (Å²) in [7, 11) is 1.73. The van der Waals surface area contributed by atoms with Gasteiger partial charge in [-0.1, -0.05) is 6.92 Å². The molecule has 4 heteroatoms. The Morgan fingerprint density at radius 1 is 1.39 bits per heavy atom. The fourth-order valence-electron chi connectivity index (χ4n) is 1.85. The number of hydrogen-bond donors (Lipinski definition) is 1. The van der Waals surface area contributed by atoms with Crippen molar-refractivity contribution in [3.63, 3.8) is 0 Å². The first-order valence-electron chi connectivity index (χ1n) is 6.57. The summed E-state index contributed by atoms with van der Waals surface area (Å²) in [6.45, 7) is 7.95. The van der Waals surface area contributed by atoms with Crippen molar-refractivity contribution < 1.29 is 4.74 Å². The molecule has 0 amide bonds. The average molecular weight is 251 g/mol. The normalized spacial score (nSPS) is 14.3. The Hall–Kier alpha value is -1.13. The fourth-order valence-corrected chi connectivity index (χ4v) is 1.85. The van der Waals surface area contributed by atoms with Crippen molar-refractivity contribution in [3.05, 3.63) is 24.0 Å². The van der Waals surface area contributed by atoms with E-state index in [9.17, 15) is 0 Å². The number of methoxy groups -OCH3 is 1. The van der Waals surface area contributed by atoms with Crippen molar-refractivity contribution >= 4 is 5.69 Å². The van der Waals surface area contributed by atoms with Crippen LogP contribution in [0.15, 0.2) is 18.3 Å². The summed E-state index contributed by atoms with van der Waals surface area (Å²) in [5, 5.41) is 0. The molecule has 0 aromatic carbocycles. The summed E-state index contributed by atoms with van der Waals surface area (Å²) in [6, 6.07) is 4.55. The zero-order valence-electron chi connectivity index (χ0n) is 11.9. The molecule has 1 aromatic rings. The van der Waals surface area contributed by atoms with Crippen LogP contribution in [0, 0.1) is 0 Å². The molecule has 2 N–H and O–H groups in total. The van der Waals surface area contributed by atoms with Gasteiger partial charge in [0.2, 0.25) is 0 Å². The van der Waals surface area contributed by atoms with Gasteiger partial charge in [-0.15, -0.1) is 0 Å². The minimum absolute atomic E-state index is 0.0185. The van der Waals surface area contributed by atoms with Crippen molar-refractivity contribution in [3.8, 4) is 0 Å². The van der Waals surface area contributed by atoms with Crippen LogP contribution in [0.1, 0.15) is 38.9 Å². The molecule has 1 rings (SSSR count). The number of nitrogens with two attached hydrogens (primary N) is 1. The van der Waals surface area contributed by atoms with Gasteiger partial charge in [0, 0.05) is 25.7 Å². The molecule has 0 aliphatic rings. The van der Waals surface area contributed by atoms with E-state index in [1.54, 1.807) is 7.11 Å². The highest BCUT2D eigenvalue weighted by Gasteiger charge is 2.13. The maximum Gasteiger partial charge on any atom is 0.0637 e. The molecule has 0 bridgehead atoms. The number of rotatable bonds is 7. The zero-order chi connectivity index (χ0) is 13.5. The molecule has 102 valence electrons. The number of nitrogens with zero attached hydrogens (tertiary/aromatic N) is 2. The second-order valence-corrected chi connectivity index (χ2v) is 4.67. The van der Waals surface area contributed by atoms with E-state index in [0.29, 0.717) is 6.04 Å². The second-order valence-electron chi connectivity index (χ2n) is 4.67. The maximum absolute atomic E-state index is 5.81. The third-order valence-electron chi connectivity index (χ3n) is 3.23. The Balaban J connectivity index is 2.83. The van der Waals surface area contributed by atoms with Crippen molar-refractivity contribution in [1.82, 2.24) is 4.98 Å². The summed E-state index contributed by atoms with van der Waals surface area (Å²) in [5.41, 5.74) is 7.87. The van der Waals surface area contributed by atoms with Crippen LogP contribution in [0.5, 0.6) is 0 Å². The Morgan fingerprint density at radius 2 is 2.11 bits per heavy atom. The summed E-state index contributed by atoms with van der Waals surface area (Å²) in [6.07, 6.45) is 3.00. The highest BCUT2D eigenvalue weighted by Crippen LogP contribution is 2.19. The molecule has 0 fully saturated rings. The fraction of sp³-hybridized carbons (Fsp3) is 0.643. The summed E-state index contributed by atoms with van der Waals surface area (Å²) >= 11 is 0. The lowest BCUT2D eigenvalue weighted by Crippen LogP contribution is -2.35. The van der Waals surface area contributed by atoms with Crippen LogP contribution in [0.25, 0.3) is 0 Å². The highest BCUT2D eigenvalue weighted by molar-refractivity contribution is 5.45. The standard InChI is InChI=1S/C14H25N3O/c1-5-11(2)17(8-9-18-4)13-6-7-14(12(3)15)16-10-13/h6-7,10-12H,5,8-9,15H2,1-4H3. The first-order chi connectivity index (χ1) is 8.60. The van der Waals surface area contributed by atoms with Gasteiger partial charge in [-0.2, -0.15) is 0 Å². The lowest BCUT2D eigenvalue weighted by molar-refractivity contribution is 0.203. The summed E-state index contributed by atoms with van der Waals surface area (Å²) in [4.78, 5) is 6.74. The molecule has 2 atom stereocenters. The predicted octanol–water partition coefficient (Wildman–Crippen LogP) is 2.35. The quantitative estimate of drug-likeness (QED) is 0.808. The van der Waals surface area contributed by atoms with E-state index in [1.807, 2.05) is 19.2 Å². The van der Waals surface area contributed by atoms with Crippen LogP contribution in [-0.2, 0) is 4.74 Å². The van der Waals surface area contributed by atoms with Gasteiger partial charge in [-0.3, -0.25) is 4.98 Å². The van der Waals surface area contributed by atoms with Crippen LogP contribution in [0.4, 0.5) is 5.69 Å². The molecule has 1 aromatic heterocycles. The molecule has 0 aliphatic carbocycles. The highest BCUT2D eigenvalue weighted by atomic mass is 16.5. The van der Waals surface area contributed by atoms with Crippen LogP contribution in [-0.4, -0.2) is 31.3 Å². The number of hydrogen-bond acceptors (Lipinski definition) is 4. The van der Waals surface area contributed by atoms with Gasteiger partial charge < -0.3 is 15.4 Å². The smallest absolute Gasteiger partial charge is 0.0637 e.